The van der Waals surface area contributed by atoms with Gasteiger partial charge in [0.15, 0.2) is 0 Å². The fourth-order valence-corrected chi connectivity index (χ4v) is 1.81. The van der Waals surface area contributed by atoms with Gasteiger partial charge in [-0.2, -0.15) is 0 Å². The van der Waals surface area contributed by atoms with Gasteiger partial charge in [0, 0.05) is 12.5 Å². The Balaban J connectivity index is 3.10. The minimum atomic E-state index is -0.0781. The van der Waals surface area contributed by atoms with Crippen molar-refractivity contribution >= 4 is 0 Å². The normalized spacial score (nSPS) is 12.9. The van der Waals surface area contributed by atoms with Crippen molar-refractivity contribution in [3.8, 4) is 5.75 Å². The predicted molar refractivity (Wildman–Crippen MR) is 66.8 cm³/mol. The van der Waals surface area contributed by atoms with E-state index in [0.29, 0.717) is 0 Å². The Hall–Kier alpha value is -1.02. The first-order chi connectivity index (χ1) is 7.60. The lowest BCUT2D eigenvalue weighted by Crippen LogP contribution is -2.10. The smallest absolute Gasteiger partial charge is 0.123 e. The van der Waals surface area contributed by atoms with Crippen LogP contribution in [0.5, 0.6) is 5.75 Å². The number of ether oxygens (including phenoxy) is 1. The molecule has 89 valence electrons. The molecule has 1 rings (SSSR count). The third-order valence-electron chi connectivity index (χ3n) is 2.55. The van der Waals surface area contributed by atoms with E-state index in [1.807, 2.05) is 32.0 Å². The van der Waals surface area contributed by atoms with E-state index in [1.54, 1.807) is 0 Å². The summed E-state index contributed by atoms with van der Waals surface area (Å²) in [6.07, 6.45) is 1.06. The van der Waals surface area contributed by atoms with Crippen molar-refractivity contribution in [2.75, 3.05) is 6.61 Å². The Morgan fingerprint density at radius 2 is 2.06 bits per heavy atom. The van der Waals surface area contributed by atoms with Gasteiger partial charge in [-0.15, -0.1) is 0 Å². The second kappa shape index (κ2) is 5.90. The van der Waals surface area contributed by atoms with Gasteiger partial charge in [-0.05, 0) is 44.4 Å². The van der Waals surface area contributed by atoms with Crippen LogP contribution in [-0.2, 0) is 6.42 Å². The van der Waals surface area contributed by atoms with Crippen molar-refractivity contribution in [2.24, 2.45) is 0 Å². The van der Waals surface area contributed by atoms with Crippen LogP contribution < -0.4 is 4.74 Å². The van der Waals surface area contributed by atoms with Gasteiger partial charge < -0.3 is 9.84 Å². The molecule has 0 fully saturated rings. The van der Waals surface area contributed by atoms with Gasteiger partial charge in [-0.25, -0.2) is 0 Å². The number of hydrogen-bond acceptors (Lipinski definition) is 2. The third-order valence-corrected chi connectivity index (χ3v) is 2.55. The molecule has 16 heavy (non-hydrogen) atoms. The van der Waals surface area contributed by atoms with Crippen LogP contribution in [0.3, 0.4) is 0 Å². The van der Waals surface area contributed by atoms with E-state index in [2.05, 4.69) is 13.8 Å². The molecule has 1 unspecified atom stereocenters. The van der Waals surface area contributed by atoms with Gasteiger partial charge in [0.1, 0.15) is 5.75 Å². The van der Waals surface area contributed by atoms with Crippen LogP contribution in [0.4, 0.5) is 0 Å². The molecule has 0 aliphatic heterocycles. The van der Waals surface area contributed by atoms with E-state index >= 15 is 0 Å². The van der Waals surface area contributed by atoms with Crippen LogP contribution in [-0.4, -0.2) is 17.8 Å². The van der Waals surface area contributed by atoms with E-state index in [-0.39, 0.29) is 18.6 Å². The van der Waals surface area contributed by atoms with Gasteiger partial charge in [-0.3, -0.25) is 0 Å². The summed E-state index contributed by atoms with van der Waals surface area (Å²) < 4.78 is 5.76. The van der Waals surface area contributed by atoms with Gasteiger partial charge >= 0.3 is 0 Å². The molecule has 1 aromatic carbocycles. The monoisotopic (exact) mass is 221 g/mol. The summed E-state index contributed by atoms with van der Waals surface area (Å²) in [5, 5.41) is 9.18. The summed E-state index contributed by atoms with van der Waals surface area (Å²) in [6.45, 7) is 10.1. The molecule has 1 atom stereocenters. The highest BCUT2D eigenvalue weighted by Gasteiger charge is 2.13. The lowest BCUT2D eigenvalue weighted by Gasteiger charge is -2.19. The Morgan fingerprint density at radius 1 is 1.38 bits per heavy atom. The van der Waals surface area contributed by atoms with Crippen molar-refractivity contribution in [2.45, 2.75) is 39.2 Å². The molecule has 0 aliphatic carbocycles. The summed E-state index contributed by atoms with van der Waals surface area (Å²) in [7, 11) is 0. The van der Waals surface area contributed by atoms with Crippen molar-refractivity contribution in [1.82, 2.24) is 0 Å². The summed E-state index contributed by atoms with van der Waals surface area (Å²) >= 11 is 0. The van der Waals surface area contributed by atoms with Crippen LogP contribution in [0.15, 0.2) is 18.2 Å². The highest BCUT2D eigenvalue weighted by molar-refractivity contribution is 5.42. The predicted octanol–water partition coefficient (Wildman–Crippen LogP) is 2.95. The Bertz CT molecular complexity index is 332. The quantitative estimate of drug-likeness (QED) is 0.828. The van der Waals surface area contributed by atoms with Crippen LogP contribution in [0, 0.1) is 6.92 Å². The van der Waals surface area contributed by atoms with Crippen molar-refractivity contribution in [3.63, 3.8) is 0 Å². The molecule has 0 amide bonds. The van der Waals surface area contributed by atoms with Crippen molar-refractivity contribution in [3.05, 3.63) is 36.2 Å². The maximum Gasteiger partial charge on any atom is 0.123 e. The van der Waals surface area contributed by atoms with Crippen LogP contribution in [0.2, 0.25) is 0 Å². The second-order valence-electron chi connectivity index (χ2n) is 4.22. The molecule has 0 aliphatic rings. The molecule has 0 saturated heterocycles. The maximum atomic E-state index is 9.18. The van der Waals surface area contributed by atoms with E-state index < -0.39 is 0 Å². The number of benzene rings is 1. The largest absolute Gasteiger partial charge is 0.491 e. The lowest BCUT2D eigenvalue weighted by atomic mass is 9.94. The zero-order valence-corrected chi connectivity index (χ0v) is 10.4. The van der Waals surface area contributed by atoms with E-state index in [9.17, 15) is 5.11 Å². The van der Waals surface area contributed by atoms with Gasteiger partial charge in [-0.1, -0.05) is 19.1 Å². The minimum absolute atomic E-state index is 0.0676. The molecular weight excluding hydrogens is 200 g/mol. The molecule has 1 radical (unpaired) electrons. The van der Waals surface area contributed by atoms with Crippen LogP contribution in [0.1, 0.15) is 37.8 Å². The molecule has 0 saturated carbocycles. The van der Waals surface area contributed by atoms with Crippen molar-refractivity contribution in [1.29, 1.82) is 0 Å². The lowest BCUT2D eigenvalue weighted by molar-refractivity contribution is 0.239. The van der Waals surface area contributed by atoms with Crippen molar-refractivity contribution < 1.29 is 9.84 Å². The zero-order valence-electron chi connectivity index (χ0n) is 10.4. The number of rotatable bonds is 5. The SMILES string of the molecule is [CH2]C(CO)c1cccc(OC(C)C)c1CC. The highest BCUT2D eigenvalue weighted by Crippen LogP contribution is 2.28. The number of hydrogen-bond donors (Lipinski definition) is 1. The Kier molecular flexibility index (Phi) is 4.81. The van der Waals surface area contributed by atoms with Gasteiger partial charge in [0.2, 0.25) is 0 Å². The zero-order chi connectivity index (χ0) is 12.1. The van der Waals surface area contributed by atoms with Gasteiger partial charge in [0.25, 0.3) is 0 Å². The molecule has 1 aromatic rings. The fourth-order valence-electron chi connectivity index (χ4n) is 1.81. The molecule has 1 N–H and O–H groups in total. The minimum Gasteiger partial charge on any atom is -0.491 e. The standard InChI is InChI=1S/C14H21O2/c1-5-12-13(11(4)9-15)7-6-8-14(12)16-10(2)3/h6-8,10-11,15H,4-5,9H2,1-3H3. The van der Waals surface area contributed by atoms with Crippen LogP contribution >= 0.6 is 0 Å². The molecule has 0 heterocycles. The second-order valence-corrected chi connectivity index (χ2v) is 4.22. The molecular formula is C14H21O2. The highest BCUT2D eigenvalue weighted by atomic mass is 16.5. The molecule has 0 aromatic heterocycles. The number of aliphatic hydroxyl groups is 1. The molecule has 2 heteroatoms. The Labute approximate surface area is 98.3 Å². The molecule has 2 nitrogen and oxygen atoms in total. The van der Waals surface area contributed by atoms with E-state index in [4.69, 9.17) is 4.74 Å². The number of aliphatic hydroxyl groups excluding tert-OH is 1. The maximum absolute atomic E-state index is 9.18. The first-order valence-electron chi connectivity index (χ1n) is 5.82. The molecule has 0 spiro atoms. The first kappa shape index (κ1) is 13.0. The summed E-state index contributed by atoms with van der Waals surface area (Å²) in [5.41, 5.74) is 2.24. The topological polar surface area (TPSA) is 29.5 Å². The average Bonchev–Trinajstić information content (AvgIpc) is 2.27. The third kappa shape index (κ3) is 2.99. The van der Waals surface area contributed by atoms with E-state index in [1.165, 1.54) is 0 Å². The van der Waals surface area contributed by atoms with Crippen LogP contribution in [0.25, 0.3) is 0 Å². The first-order valence-corrected chi connectivity index (χ1v) is 5.82. The summed E-state index contributed by atoms with van der Waals surface area (Å²) in [5.74, 6) is 0.836. The average molecular weight is 221 g/mol. The summed E-state index contributed by atoms with van der Waals surface area (Å²) in [4.78, 5) is 0. The van der Waals surface area contributed by atoms with Gasteiger partial charge in [0.05, 0.1) is 6.10 Å². The molecule has 0 bridgehead atoms. The fraction of sp³-hybridized carbons (Fsp3) is 0.500. The Morgan fingerprint density at radius 3 is 2.56 bits per heavy atom. The summed E-state index contributed by atoms with van der Waals surface area (Å²) in [6, 6.07) is 5.95. The van der Waals surface area contributed by atoms with E-state index in [0.717, 1.165) is 23.3 Å².